The van der Waals surface area contributed by atoms with Gasteiger partial charge in [-0.05, 0) is 32.0 Å². The van der Waals surface area contributed by atoms with Crippen molar-refractivity contribution < 1.29 is 4.74 Å². The van der Waals surface area contributed by atoms with Gasteiger partial charge < -0.3 is 15.4 Å². The van der Waals surface area contributed by atoms with Gasteiger partial charge in [-0.1, -0.05) is 11.6 Å². The minimum Gasteiger partial charge on any atom is -0.495 e. The summed E-state index contributed by atoms with van der Waals surface area (Å²) in [5.41, 5.74) is 0.684. The maximum absolute atomic E-state index is 5.98. The Bertz CT molecular complexity index is 591. The van der Waals surface area contributed by atoms with Gasteiger partial charge in [-0.25, -0.2) is 0 Å². The van der Waals surface area contributed by atoms with Crippen LogP contribution < -0.4 is 15.4 Å². The Hall–Kier alpha value is -2.08. The normalized spacial score (nSPS) is 10.4. The average molecular weight is 294 g/mol. The number of anilines is 3. The van der Waals surface area contributed by atoms with Crippen molar-refractivity contribution in [3.05, 3.63) is 29.4 Å². The van der Waals surface area contributed by atoms with Crippen LogP contribution >= 0.6 is 11.6 Å². The second kappa shape index (κ2) is 6.38. The summed E-state index contributed by atoms with van der Waals surface area (Å²) in [6.45, 7) is 4.05. The number of ether oxygens (including phenoxy) is 1. The number of halogens is 1. The Kier molecular flexibility index (Phi) is 4.57. The minimum absolute atomic E-state index is 0.264. The van der Waals surface area contributed by atoms with Crippen molar-refractivity contribution in [2.75, 3.05) is 17.7 Å². The molecule has 106 valence electrons. The van der Waals surface area contributed by atoms with E-state index in [1.807, 2.05) is 13.8 Å². The van der Waals surface area contributed by atoms with Crippen molar-refractivity contribution in [3.63, 3.8) is 0 Å². The summed E-state index contributed by atoms with van der Waals surface area (Å²) < 4.78 is 5.25. The van der Waals surface area contributed by atoms with E-state index in [0.717, 1.165) is 0 Å². The summed E-state index contributed by atoms with van der Waals surface area (Å²) in [5, 5.41) is 14.6. The summed E-state index contributed by atoms with van der Waals surface area (Å²) in [5.74, 6) is 1.68. The fourth-order valence-electron chi connectivity index (χ4n) is 1.62. The van der Waals surface area contributed by atoms with Crippen LogP contribution in [0, 0.1) is 0 Å². The number of aromatic nitrogens is 3. The fourth-order valence-corrected chi connectivity index (χ4v) is 1.79. The highest BCUT2D eigenvalue weighted by Gasteiger charge is 2.07. The van der Waals surface area contributed by atoms with Gasteiger partial charge in [-0.15, -0.1) is 5.10 Å². The minimum atomic E-state index is 0.264. The Balaban J connectivity index is 2.23. The third-order valence-corrected chi connectivity index (χ3v) is 2.64. The number of methoxy groups -OCH3 is 1. The van der Waals surface area contributed by atoms with Crippen molar-refractivity contribution in [1.29, 1.82) is 0 Å². The lowest BCUT2D eigenvalue weighted by Gasteiger charge is -2.12. The van der Waals surface area contributed by atoms with E-state index in [1.54, 1.807) is 31.5 Å². The number of nitrogens with zero attached hydrogens (tertiary/aromatic N) is 3. The zero-order valence-electron chi connectivity index (χ0n) is 11.5. The fraction of sp³-hybridized carbons (Fsp3) is 0.308. The molecule has 0 aliphatic carbocycles. The van der Waals surface area contributed by atoms with Gasteiger partial charge in [0.2, 0.25) is 5.95 Å². The molecule has 0 atom stereocenters. The van der Waals surface area contributed by atoms with Crippen LogP contribution in [0.1, 0.15) is 13.8 Å². The van der Waals surface area contributed by atoms with Crippen molar-refractivity contribution in [3.8, 4) is 5.75 Å². The number of benzene rings is 1. The van der Waals surface area contributed by atoms with Gasteiger partial charge >= 0.3 is 0 Å². The lowest BCUT2D eigenvalue weighted by molar-refractivity contribution is 0.417. The van der Waals surface area contributed by atoms with Gasteiger partial charge in [0, 0.05) is 11.1 Å². The quantitative estimate of drug-likeness (QED) is 0.882. The van der Waals surface area contributed by atoms with Gasteiger partial charge in [0.15, 0.2) is 5.82 Å². The van der Waals surface area contributed by atoms with Gasteiger partial charge in [-0.3, -0.25) is 0 Å². The number of rotatable bonds is 5. The molecule has 0 bridgehead atoms. The van der Waals surface area contributed by atoms with Crippen LogP contribution in [0.5, 0.6) is 5.75 Å². The van der Waals surface area contributed by atoms with E-state index in [2.05, 4.69) is 25.8 Å². The molecule has 1 aromatic carbocycles. The zero-order valence-corrected chi connectivity index (χ0v) is 12.3. The molecule has 0 saturated heterocycles. The lowest BCUT2D eigenvalue weighted by atomic mass is 10.3. The molecule has 1 heterocycles. The third-order valence-electron chi connectivity index (χ3n) is 2.40. The monoisotopic (exact) mass is 293 g/mol. The molecule has 2 aromatic rings. The molecule has 0 fully saturated rings. The molecular weight excluding hydrogens is 278 g/mol. The summed E-state index contributed by atoms with van der Waals surface area (Å²) in [6, 6.07) is 5.53. The van der Waals surface area contributed by atoms with Gasteiger partial charge in [-0.2, -0.15) is 10.1 Å². The summed E-state index contributed by atoms with van der Waals surface area (Å²) in [6.07, 6.45) is 1.57. The van der Waals surface area contributed by atoms with Gasteiger partial charge in [0.25, 0.3) is 0 Å². The predicted octanol–water partition coefficient (Wildman–Crippen LogP) is 3.10. The molecule has 2 rings (SSSR count). The maximum atomic E-state index is 5.98. The van der Waals surface area contributed by atoms with E-state index in [4.69, 9.17) is 16.3 Å². The van der Waals surface area contributed by atoms with Gasteiger partial charge in [0.05, 0.1) is 19.0 Å². The van der Waals surface area contributed by atoms with Crippen LogP contribution in [0.4, 0.5) is 17.5 Å². The molecular formula is C13H16ClN5O. The molecule has 2 N–H and O–H groups in total. The lowest BCUT2D eigenvalue weighted by Crippen LogP contribution is -2.12. The zero-order chi connectivity index (χ0) is 14.5. The highest BCUT2D eigenvalue weighted by molar-refractivity contribution is 6.30. The van der Waals surface area contributed by atoms with E-state index in [0.29, 0.717) is 28.2 Å². The molecule has 0 radical (unpaired) electrons. The molecule has 0 spiro atoms. The van der Waals surface area contributed by atoms with E-state index in [1.165, 1.54) is 0 Å². The molecule has 0 saturated carbocycles. The second-order valence-corrected chi connectivity index (χ2v) is 4.87. The smallest absolute Gasteiger partial charge is 0.249 e. The molecule has 7 heteroatoms. The number of nitrogens with one attached hydrogen (secondary N) is 2. The average Bonchev–Trinajstić information content (AvgIpc) is 2.38. The molecule has 6 nitrogen and oxygen atoms in total. The van der Waals surface area contributed by atoms with Crippen molar-refractivity contribution in [2.45, 2.75) is 19.9 Å². The largest absolute Gasteiger partial charge is 0.495 e. The molecule has 0 aliphatic rings. The summed E-state index contributed by atoms with van der Waals surface area (Å²) >= 11 is 5.98. The van der Waals surface area contributed by atoms with Gasteiger partial charge in [0.1, 0.15) is 5.75 Å². The third kappa shape index (κ3) is 3.71. The maximum Gasteiger partial charge on any atom is 0.249 e. The van der Waals surface area contributed by atoms with E-state index in [-0.39, 0.29) is 6.04 Å². The first-order chi connectivity index (χ1) is 9.58. The van der Waals surface area contributed by atoms with Crippen molar-refractivity contribution in [2.24, 2.45) is 0 Å². The van der Waals surface area contributed by atoms with Crippen molar-refractivity contribution >= 4 is 29.1 Å². The molecule has 0 amide bonds. The van der Waals surface area contributed by atoms with E-state index < -0.39 is 0 Å². The first-order valence-corrected chi connectivity index (χ1v) is 6.53. The van der Waals surface area contributed by atoms with Crippen LogP contribution in [-0.4, -0.2) is 28.3 Å². The summed E-state index contributed by atoms with van der Waals surface area (Å²) in [7, 11) is 1.59. The predicted molar refractivity (Wildman–Crippen MR) is 79.9 cm³/mol. The van der Waals surface area contributed by atoms with Crippen LogP contribution in [-0.2, 0) is 0 Å². The topological polar surface area (TPSA) is 72.0 Å². The molecule has 20 heavy (non-hydrogen) atoms. The van der Waals surface area contributed by atoms with Crippen molar-refractivity contribution in [1.82, 2.24) is 15.2 Å². The SMILES string of the molecule is COc1ccc(Cl)cc1Nc1nncc(NC(C)C)n1. The van der Waals surface area contributed by atoms with Crippen LogP contribution in [0.2, 0.25) is 5.02 Å². The molecule has 0 aliphatic heterocycles. The Morgan fingerprint density at radius 3 is 2.80 bits per heavy atom. The van der Waals surface area contributed by atoms with E-state index in [9.17, 15) is 0 Å². The first-order valence-electron chi connectivity index (χ1n) is 6.15. The Labute approximate surface area is 122 Å². The number of hydrogen-bond acceptors (Lipinski definition) is 6. The Morgan fingerprint density at radius 2 is 2.10 bits per heavy atom. The van der Waals surface area contributed by atoms with Crippen LogP contribution in [0.25, 0.3) is 0 Å². The van der Waals surface area contributed by atoms with Crippen LogP contribution in [0.3, 0.4) is 0 Å². The highest BCUT2D eigenvalue weighted by Crippen LogP contribution is 2.29. The molecule has 1 aromatic heterocycles. The highest BCUT2D eigenvalue weighted by atomic mass is 35.5. The summed E-state index contributed by atoms with van der Waals surface area (Å²) in [4.78, 5) is 4.32. The van der Waals surface area contributed by atoms with E-state index >= 15 is 0 Å². The second-order valence-electron chi connectivity index (χ2n) is 4.43. The Morgan fingerprint density at radius 1 is 1.30 bits per heavy atom. The standard InChI is InChI=1S/C13H16ClN5O/c1-8(2)16-12-7-15-19-13(18-12)17-10-6-9(14)4-5-11(10)20-3/h4-8H,1-3H3,(H2,16,17,18,19). The molecule has 0 unspecified atom stereocenters. The number of hydrogen-bond donors (Lipinski definition) is 2. The van der Waals surface area contributed by atoms with Crippen LogP contribution in [0.15, 0.2) is 24.4 Å². The first kappa shape index (κ1) is 14.3.